The highest BCUT2D eigenvalue weighted by Crippen LogP contribution is 2.65. The molecular formula is C21H26BFO6. The molecule has 0 spiro atoms. The molecule has 2 bridgehead atoms. The van der Waals surface area contributed by atoms with Crippen molar-refractivity contribution in [3.63, 3.8) is 0 Å². The summed E-state index contributed by atoms with van der Waals surface area (Å²) in [7, 11) is -0.524. The molecule has 1 aromatic carbocycles. The van der Waals surface area contributed by atoms with Crippen LogP contribution in [-0.2, 0) is 14.0 Å². The first-order valence-corrected chi connectivity index (χ1v) is 10.2. The third kappa shape index (κ3) is 2.71. The molecule has 0 amide bonds. The van der Waals surface area contributed by atoms with Crippen LogP contribution in [0.4, 0.5) is 4.39 Å². The monoisotopic (exact) mass is 404 g/mol. The minimum atomic E-state index is -1.20. The van der Waals surface area contributed by atoms with Crippen LogP contribution in [0.3, 0.4) is 0 Å². The lowest BCUT2D eigenvalue weighted by Gasteiger charge is -2.64. The standard InChI is InChI=1S/C21H26BFO6/c1-19(2)11-8-14(19)21(5)15(9-11)28-22(29-21)10-25-13-7-6-12(23)16-17(13)26-20(3,4)27-18(16)24/h6-7,11,14-15H,8-10H2,1-5H3/t11-,14-,15+,21-/m0/s1. The second-order valence-electron chi connectivity index (χ2n) is 9.85. The molecule has 8 heteroatoms. The molecule has 4 atom stereocenters. The van der Waals surface area contributed by atoms with Gasteiger partial charge in [-0.2, -0.15) is 0 Å². The molecule has 0 aromatic heterocycles. The number of hydrogen-bond acceptors (Lipinski definition) is 6. The Morgan fingerprint density at radius 3 is 2.66 bits per heavy atom. The van der Waals surface area contributed by atoms with E-state index in [2.05, 4.69) is 20.8 Å². The zero-order chi connectivity index (χ0) is 20.8. The van der Waals surface area contributed by atoms with Gasteiger partial charge in [0.25, 0.3) is 0 Å². The van der Waals surface area contributed by atoms with Gasteiger partial charge >= 0.3 is 13.1 Å². The number of hydrogen-bond donors (Lipinski definition) is 0. The quantitative estimate of drug-likeness (QED) is 0.565. The van der Waals surface area contributed by atoms with Crippen LogP contribution in [0.5, 0.6) is 11.5 Å². The van der Waals surface area contributed by atoms with E-state index in [-0.39, 0.29) is 40.7 Å². The molecule has 0 N–H and O–H groups in total. The second kappa shape index (κ2) is 5.88. The topological polar surface area (TPSA) is 63.2 Å². The van der Waals surface area contributed by atoms with Crippen LogP contribution in [0.25, 0.3) is 0 Å². The fraction of sp³-hybridized carbons (Fsp3) is 0.667. The number of rotatable bonds is 3. The van der Waals surface area contributed by atoms with Gasteiger partial charge in [0.1, 0.15) is 17.9 Å². The van der Waals surface area contributed by atoms with E-state index in [4.69, 9.17) is 23.5 Å². The molecule has 3 aliphatic carbocycles. The van der Waals surface area contributed by atoms with Crippen LogP contribution in [0.15, 0.2) is 12.1 Å². The Hall–Kier alpha value is -1.80. The van der Waals surface area contributed by atoms with Gasteiger partial charge in [-0.25, -0.2) is 9.18 Å². The lowest BCUT2D eigenvalue weighted by Crippen LogP contribution is -2.65. The van der Waals surface area contributed by atoms with Crippen molar-refractivity contribution in [2.45, 2.75) is 65.0 Å². The molecule has 6 rings (SSSR count). The summed E-state index contributed by atoms with van der Waals surface area (Å²) in [6, 6.07) is 2.62. The predicted octanol–water partition coefficient (Wildman–Crippen LogP) is 3.76. The first-order valence-electron chi connectivity index (χ1n) is 10.2. The Labute approximate surface area is 170 Å². The van der Waals surface area contributed by atoms with Crippen molar-refractivity contribution >= 4 is 13.1 Å². The van der Waals surface area contributed by atoms with Gasteiger partial charge in [0.15, 0.2) is 11.5 Å². The number of benzene rings is 1. The van der Waals surface area contributed by atoms with Crippen molar-refractivity contribution in [2.24, 2.45) is 17.3 Å². The summed E-state index contributed by atoms with van der Waals surface area (Å²) >= 11 is 0. The number of cyclic esters (lactones) is 1. The van der Waals surface area contributed by atoms with Gasteiger partial charge in [-0.1, -0.05) is 13.8 Å². The van der Waals surface area contributed by atoms with E-state index in [1.807, 2.05) is 0 Å². The van der Waals surface area contributed by atoms with Crippen LogP contribution in [0.1, 0.15) is 57.8 Å². The molecule has 6 nitrogen and oxygen atoms in total. The summed E-state index contributed by atoms with van der Waals surface area (Å²) in [6.45, 7) is 10.1. The van der Waals surface area contributed by atoms with Crippen LogP contribution in [0, 0.1) is 23.1 Å². The Morgan fingerprint density at radius 2 is 1.93 bits per heavy atom. The zero-order valence-electron chi connectivity index (χ0n) is 17.4. The third-order valence-electron chi connectivity index (χ3n) is 7.34. The summed E-state index contributed by atoms with van der Waals surface area (Å²) in [5.41, 5.74) is -0.310. The van der Waals surface area contributed by atoms with E-state index in [0.29, 0.717) is 11.8 Å². The molecular weight excluding hydrogens is 378 g/mol. The number of carbonyl (C=O) groups is 1. The summed E-state index contributed by atoms with van der Waals surface area (Å²) in [6.07, 6.45) is 2.22. The molecule has 1 saturated heterocycles. The lowest BCUT2D eigenvalue weighted by atomic mass is 9.43. The van der Waals surface area contributed by atoms with Crippen LogP contribution in [-0.4, -0.2) is 37.1 Å². The molecule has 156 valence electrons. The highest BCUT2D eigenvalue weighted by Gasteiger charge is 2.67. The molecule has 0 radical (unpaired) electrons. The molecule has 2 heterocycles. The number of esters is 1. The average Bonchev–Trinajstić information content (AvgIpc) is 2.95. The van der Waals surface area contributed by atoms with Crippen molar-refractivity contribution in [3.05, 3.63) is 23.5 Å². The first-order chi connectivity index (χ1) is 13.5. The van der Waals surface area contributed by atoms with E-state index < -0.39 is 24.7 Å². The molecule has 0 unspecified atom stereocenters. The fourth-order valence-corrected chi connectivity index (χ4v) is 5.67. The van der Waals surface area contributed by atoms with Gasteiger partial charge in [0, 0.05) is 13.8 Å². The van der Waals surface area contributed by atoms with E-state index in [1.54, 1.807) is 13.8 Å². The summed E-state index contributed by atoms with van der Waals surface area (Å²) in [5, 5.41) is 0. The van der Waals surface area contributed by atoms with Gasteiger partial charge in [0.05, 0.1) is 11.7 Å². The maximum Gasteiger partial charge on any atom is 0.498 e. The van der Waals surface area contributed by atoms with E-state index in [0.717, 1.165) is 6.42 Å². The van der Waals surface area contributed by atoms with Gasteiger partial charge < -0.3 is 23.5 Å². The highest BCUT2D eigenvalue weighted by atomic mass is 19.1. The molecule has 1 aromatic rings. The van der Waals surface area contributed by atoms with E-state index in [1.165, 1.54) is 18.6 Å². The van der Waals surface area contributed by atoms with Crippen molar-refractivity contribution in [1.29, 1.82) is 0 Å². The number of halogens is 1. The Balaban J connectivity index is 1.34. The summed E-state index contributed by atoms with van der Waals surface area (Å²) in [4.78, 5) is 12.2. The molecule has 3 saturated carbocycles. The summed E-state index contributed by atoms with van der Waals surface area (Å²) < 4.78 is 43.4. The normalized spacial score (nSPS) is 35.7. The van der Waals surface area contributed by atoms with Crippen molar-refractivity contribution in [1.82, 2.24) is 0 Å². The van der Waals surface area contributed by atoms with Crippen LogP contribution < -0.4 is 9.47 Å². The first kappa shape index (κ1) is 19.2. The van der Waals surface area contributed by atoms with Crippen molar-refractivity contribution < 1.29 is 32.7 Å². The Bertz CT molecular complexity index is 886. The highest BCUT2D eigenvalue weighted by molar-refractivity contribution is 6.45. The number of carbonyl (C=O) groups excluding carboxylic acids is 1. The summed E-state index contributed by atoms with van der Waals surface area (Å²) in [5.74, 6) is -1.24. The van der Waals surface area contributed by atoms with Gasteiger partial charge in [-0.15, -0.1) is 0 Å². The Morgan fingerprint density at radius 1 is 1.17 bits per heavy atom. The predicted molar refractivity (Wildman–Crippen MR) is 102 cm³/mol. The van der Waals surface area contributed by atoms with Gasteiger partial charge in [-0.3, -0.25) is 0 Å². The SMILES string of the molecule is CC1(C)OC(=O)c2c(F)ccc(OCB3O[C@@H]4C[C@@H]5C[C@@H](C5(C)C)[C@]4(C)O3)c2O1. The van der Waals surface area contributed by atoms with E-state index >= 15 is 0 Å². The van der Waals surface area contributed by atoms with Crippen LogP contribution >= 0.6 is 0 Å². The minimum Gasteiger partial charge on any atom is -0.492 e. The number of ether oxygens (including phenoxy) is 3. The molecule has 2 aliphatic heterocycles. The van der Waals surface area contributed by atoms with Gasteiger partial charge in [-0.05, 0) is 49.1 Å². The Kier molecular flexibility index (Phi) is 3.89. The van der Waals surface area contributed by atoms with Crippen molar-refractivity contribution in [3.8, 4) is 11.5 Å². The minimum absolute atomic E-state index is 0.0521. The van der Waals surface area contributed by atoms with Crippen molar-refractivity contribution in [2.75, 3.05) is 6.51 Å². The van der Waals surface area contributed by atoms with Gasteiger partial charge in [0.2, 0.25) is 5.79 Å². The molecule has 5 aliphatic rings. The lowest BCUT2D eigenvalue weighted by molar-refractivity contribution is -0.199. The smallest absolute Gasteiger partial charge is 0.492 e. The average molecular weight is 404 g/mol. The number of fused-ring (bicyclic) bond motifs is 1. The largest absolute Gasteiger partial charge is 0.498 e. The molecule has 29 heavy (non-hydrogen) atoms. The third-order valence-corrected chi connectivity index (χ3v) is 7.34. The molecule has 4 fully saturated rings. The zero-order valence-corrected chi connectivity index (χ0v) is 17.4. The maximum atomic E-state index is 14.2. The second-order valence-corrected chi connectivity index (χ2v) is 9.85. The fourth-order valence-electron chi connectivity index (χ4n) is 5.67. The van der Waals surface area contributed by atoms with E-state index in [9.17, 15) is 9.18 Å². The van der Waals surface area contributed by atoms with Crippen LogP contribution in [0.2, 0.25) is 0 Å². The maximum absolute atomic E-state index is 14.2.